The Morgan fingerprint density at radius 1 is 0.800 bits per heavy atom. The summed E-state index contributed by atoms with van der Waals surface area (Å²) in [5.74, 6) is 5.48. The molecule has 0 aliphatic carbocycles. The smallest absolute Gasteiger partial charge is 0.207 e. The average Bonchev–Trinajstić information content (AvgIpc) is 2.39. The van der Waals surface area contributed by atoms with E-state index in [1.165, 1.54) is 64.2 Å². The molecule has 0 aliphatic rings. The molecule has 0 aliphatic heterocycles. The molecule has 0 aromatic heterocycles. The summed E-state index contributed by atoms with van der Waals surface area (Å²) in [6, 6.07) is 0. The third-order valence-corrected chi connectivity index (χ3v) is 3.26. The highest BCUT2D eigenvalue weighted by molar-refractivity contribution is 4.97. The summed E-state index contributed by atoms with van der Waals surface area (Å²) in [5, 5.41) is 7.21. The Kier molecular flexibility index (Phi) is 21.5. The minimum absolute atomic E-state index is 0. The van der Waals surface area contributed by atoms with E-state index >= 15 is 0 Å². The molecule has 0 spiro atoms. The molecule has 0 amide bonds. The van der Waals surface area contributed by atoms with Gasteiger partial charge in [0.25, 0.3) is 0 Å². The highest BCUT2D eigenvalue weighted by Gasteiger charge is 1.94. The van der Waals surface area contributed by atoms with Crippen molar-refractivity contribution in [3.8, 4) is 11.8 Å². The molecule has 0 rings (SSSR count). The number of unbranched alkanes of at least 4 members (excludes halogenated alkanes) is 11. The van der Waals surface area contributed by atoms with Crippen molar-refractivity contribution < 1.29 is 39.0 Å². The average molecular weight is 399 g/mol. The lowest BCUT2D eigenvalue weighted by Crippen LogP contribution is -3.01. The summed E-state index contributed by atoms with van der Waals surface area (Å²) in [4.78, 5) is 0. The van der Waals surface area contributed by atoms with Crippen LogP contribution in [0.5, 0.6) is 0 Å². The van der Waals surface area contributed by atoms with Gasteiger partial charge in [0.2, 0.25) is 6.54 Å². The molecular weight excluding hydrogens is 368 g/mol. The van der Waals surface area contributed by atoms with E-state index in [-0.39, 0.29) is 30.5 Å². The fourth-order valence-corrected chi connectivity index (χ4v) is 2.10. The van der Waals surface area contributed by atoms with Gasteiger partial charge in [-0.15, -0.1) is 0 Å². The lowest BCUT2D eigenvalue weighted by Gasteiger charge is -2.01. The Morgan fingerprint density at radius 3 is 1.70 bits per heavy atom. The molecule has 0 saturated heterocycles. The molecule has 0 aromatic rings. The number of quaternary nitrogens is 1. The Bertz CT molecular complexity index is 238. The summed E-state index contributed by atoms with van der Waals surface area (Å²) in [7, 11) is 0. The molecule has 1 unspecified atom stereocenters. The van der Waals surface area contributed by atoms with Gasteiger partial charge in [0.1, 0.15) is 0 Å². The number of halogens is 2. The third kappa shape index (κ3) is 20.5. The molecule has 120 valence electrons. The highest BCUT2D eigenvalue weighted by atomic mass is 127. The van der Waals surface area contributed by atoms with E-state index in [1.807, 2.05) is 0 Å². The normalized spacial score (nSPS) is 11.3. The largest absolute Gasteiger partial charge is 1.00 e. The first-order chi connectivity index (χ1) is 9.27. The van der Waals surface area contributed by atoms with Crippen LogP contribution in [-0.4, -0.2) is 11.8 Å². The molecule has 0 fully saturated rings. The maximum atomic E-state index is 11.9. The van der Waals surface area contributed by atoms with Crippen LogP contribution in [0.25, 0.3) is 0 Å². The number of hydrogen-bond acceptors (Lipinski definition) is 1. The van der Waals surface area contributed by atoms with Crippen molar-refractivity contribution >= 4 is 0 Å². The SMILES string of the molecule is CCCCCCCCCCCCCC#CC[NH+](O)F.[I-]. The summed E-state index contributed by atoms with van der Waals surface area (Å²) >= 11 is 0. The van der Waals surface area contributed by atoms with E-state index in [0.717, 1.165) is 12.8 Å². The second-order valence-corrected chi connectivity index (χ2v) is 5.19. The lowest BCUT2D eigenvalue weighted by atomic mass is 10.1. The lowest BCUT2D eigenvalue weighted by molar-refractivity contribution is -1.20. The fourth-order valence-electron chi connectivity index (χ4n) is 2.10. The van der Waals surface area contributed by atoms with Crippen LogP contribution in [0.15, 0.2) is 0 Å². The van der Waals surface area contributed by atoms with E-state index in [0.29, 0.717) is 0 Å². The monoisotopic (exact) mass is 399 g/mol. The first-order valence-corrected chi connectivity index (χ1v) is 7.93. The zero-order valence-electron chi connectivity index (χ0n) is 12.9. The molecule has 2 N–H and O–H groups in total. The second-order valence-electron chi connectivity index (χ2n) is 5.19. The standard InChI is InChI=1S/C16H30FNO.HI/c1-2-3-4-5-6-7-8-9-10-11-12-13-14-15-16-18(17)19;/h19H,2-13,16H2,1H3;1H. The van der Waals surface area contributed by atoms with E-state index < -0.39 is 5.29 Å². The molecule has 1 atom stereocenters. The minimum atomic E-state index is -1.08. The summed E-state index contributed by atoms with van der Waals surface area (Å²) < 4.78 is 11.9. The Labute approximate surface area is 141 Å². The number of hydrogen-bond donors (Lipinski definition) is 2. The quantitative estimate of drug-likeness (QED) is 0.164. The van der Waals surface area contributed by atoms with Crippen molar-refractivity contribution in [1.82, 2.24) is 0 Å². The highest BCUT2D eigenvalue weighted by Crippen LogP contribution is 2.11. The van der Waals surface area contributed by atoms with Crippen molar-refractivity contribution in [3.05, 3.63) is 0 Å². The van der Waals surface area contributed by atoms with Gasteiger partial charge in [-0.25, -0.2) is 0 Å². The Morgan fingerprint density at radius 2 is 1.25 bits per heavy atom. The first kappa shape index (κ1) is 22.4. The van der Waals surface area contributed by atoms with Crippen LogP contribution in [0.2, 0.25) is 0 Å². The van der Waals surface area contributed by atoms with Crippen molar-refractivity contribution in [2.75, 3.05) is 6.54 Å². The molecule has 0 bridgehead atoms. The zero-order valence-corrected chi connectivity index (χ0v) is 15.1. The van der Waals surface area contributed by atoms with Crippen LogP contribution in [0.3, 0.4) is 0 Å². The molecule has 0 aromatic carbocycles. The van der Waals surface area contributed by atoms with Crippen molar-refractivity contribution in [3.63, 3.8) is 0 Å². The minimum Gasteiger partial charge on any atom is -1.00 e. The number of nitrogens with one attached hydrogen (secondary N) is 1. The molecule has 0 heterocycles. The van der Waals surface area contributed by atoms with Crippen molar-refractivity contribution in [2.24, 2.45) is 0 Å². The summed E-state index contributed by atoms with van der Waals surface area (Å²) in [6.07, 6.45) is 15.4. The molecule has 0 saturated carbocycles. The van der Waals surface area contributed by atoms with E-state index in [1.54, 1.807) is 0 Å². The molecule has 2 nitrogen and oxygen atoms in total. The van der Waals surface area contributed by atoms with Crippen molar-refractivity contribution in [2.45, 2.75) is 84.0 Å². The predicted molar refractivity (Wildman–Crippen MR) is 77.6 cm³/mol. The van der Waals surface area contributed by atoms with Gasteiger partial charge in [-0.05, 0) is 12.3 Å². The van der Waals surface area contributed by atoms with Gasteiger partial charge in [-0.1, -0.05) is 77.1 Å². The maximum absolute atomic E-state index is 11.9. The first-order valence-electron chi connectivity index (χ1n) is 7.93. The van der Waals surface area contributed by atoms with Gasteiger partial charge in [0.15, 0.2) is 0 Å². The fraction of sp³-hybridized carbons (Fsp3) is 0.875. The number of hydroxylamine groups is 1. The number of rotatable bonds is 12. The van der Waals surface area contributed by atoms with E-state index in [2.05, 4.69) is 18.8 Å². The van der Waals surface area contributed by atoms with Crippen LogP contribution >= 0.6 is 0 Å². The molecule has 0 radical (unpaired) electrons. The van der Waals surface area contributed by atoms with Crippen LogP contribution in [-0.2, 0) is 0 Å². The molecule has 20 heavy (non-hydrogen) atoms. The van der Waals surface area contributed by atoms with E-state index in [4.69, 9.17) is 5.21 Å². The van der Waals surface area contributed by atoms with Crippen molar-refractivity contribution in [1.29, 1.82) is 0 Å². The summed E-state index contributed by atoms with van der Waals surface area (Å²) in [6.45, 7) is 2.13. The van der Waals surface area contributed by atoms with Crippen LogP contribution < -0.4 is 29.3 Å². The van der Waals surface area contributed by atoms with Gasteiger partial charge in [0, 0.05) is 16.2 Å². The van der Waals surface area contributed by atoms with Gasteiger partial charge < -0.3 is 24.0 Å². The van der Waals surface area contributed by atoms with Crippen LogP contribution in [0.1, 0.15) is 84.0 Å². The van der Waals surface area contributed by atoms with Gasteiger partial charge >= 0.3 is 0 Å². The predicted octanol–water partition coefficient (Wildman–Crippen LogP) is 0.854. The molecular formula is C16H31FINO. The third-order valence-electron chi connectivity index (χ3n) is 3.26. The Balaban J connectivity index is 0. The van der Waals surface area contributed by atoms with Gasteiger partial charge in [0.05, 0.1) is 0 Å². The van der Waals surface area contributed by atoms with Gasteiger partial charge in [-0.3, -0.25) is 0 Å². The maximum Gasteiger partial charge on any atom is 0.207 e. The van der Waals surface area contributed by atoms with E-state index in [9.17, 15) is 4.48 Å². The summed E-state index contributed by atoms with van der Waals surface area (Å²) in [5.41, 5.74) is 0. The van der Waals surface area contributed by atoms with Crippen LogP contribution in [0, 0.1) is 11.8 Å². The zero-order chi connectivity index (χ0) is 14.2. The van der Waals surface area contributed by atoms with Crippen LogP contribution in [0.4, 0.5) is 4.48 Å². The Hall–Kier alpha value is 0.140. The molecule has 4 heteroatoms. The topological polar surface area (TPSA) is 24.7 Å². The second kappa shape index (κ2) is 19.1. The van der Waals surface area contributed by atoms with Gasteiger partial charge in [-0.2, -0.15) is 5.21 Å².